The number of anilines is 2. The number of amides is 2. The molecule has 174 valence electrons. The number of benzene rings is 2. The quantitative estimate of drug-likeness (QED) is 0.520. The standard InChI is InChI=1S/C25H29N3O5/c1-5-33-23(31)16-7-9-17(10-8-16)26-22(30)19-12-20(15(4)29)28-25(19)18-11-6-13(2)14(3)21(18)27-24(25)32/h6-11,15,19-20,28-29H,5,12H2,1-4H3,(H,26,30)(H,27,32)/t15-,19-,20+,25+/m1/s1. The number of hydrogen-bond donors (Lipinski definition) is 4. The Bertz CT molecular complexity index is 1110. The number of nitrogens with one attached hydrogen (secondary N) is 3. The van der Waals surface area contributed by atoms with Crippen molar-refractivity contribution >= 4 is 29.2 Å². The summed E-state index contributed by atoms with van der Waals surface area (Å²) in [5.41, 5.74) is 3.05. The van der Waals surface area contributed by atoms with E-state index >= 15 is 0 Å². The van der Waals surface area contributed by atoms with Gasteiger partial charge in [0.05, 0.1) is 24.2 Å². The lowest BCUT2D eigenvalue weighted by atomic mass is 9.78. The SMILES string of the molecule is CCOC(=O)c1ccc(NC(=O)[C@H]2C[C@@H]([C@@H](C)O)N[C@]23C(=O)Nc2c3ccc(C)c2C)cc1. The Kier molecular flexibility index (Phi) is 5.99. The Morgan fingerprint density at radius 2 is 1.91 bits per heavy atom. The van der Waals surface area contributed by atoms with Crippen LogP contribution in [0.1, 0.15) is 47.3 Å². The van der Waals surface area contributed by atoms with Crippen LogP contribution in [0.15, 0.2) is 36.4 Å². The molecule has 0 aromatic heterocycles. The highest BCUT2D eigenvalue weighted by molar-refractivity contribution is 6.11. The molecule has 8 heteroatoms. The number of aryl methyl sites for hydroxylation is 1. The third-order valence-electron chi connectivity index (χ3n) is 6.75. The molecule has 1 fully saturated rings. The number of carbonyl (C=O) groups is 3. The molecule has 2 amide bonds. The van der Waals surface area contributed by atoms with E-state index < -0.39 is 29.6 Å². The molecule has 0 saturated carbocycles. The van der Waals surface area contributed by atoms with E-state index in [2.05, 4.69) is 16.0 Å². The van der Waals surface area contributed by atoms with E-state index in [1.54, 1.807) is 38.1 Å². The van der Waals surface area contributed by atoms with Crippen LogP contribution in [0.3, 0.4) is 0 Å². The lowest BCUT2D eigenvalue weighted by molar-refractivity contribution is -0.130. The molecule has 2 aromatic carbocycles. The monoisotopic (exact) mass is 451 g/mol. The Hall–Kier alpha value is -3.23. The fraction of sp³-hybridized carbons (Fsp3) is 0.400. The lowest BCUT2D eigenvalue weighted by Gasteiger charge is -2.29. The van der Waals surface area contributed by atoms with Gasteiger partial charge >= 0.3 is 5.97 Å². The van der Waals surface area contributed by atoms with Gasteiger partial charge in [-0.05, 0) is 69.5 Å². The van der Waals surface area contributed by atoms with Crippen molar-refractivity contribution in [2.75, 3.05) is 17.2 Å². The van der Waals surface area contributed by atoms with Crippen LogP contribution < -0.4 is 16.0 Å². The van der Waals surface area contributed by atoms with Gasteiger partial charge < -0.3 is 20.5 Å². The van der Waals surface area contributed by atoms with Crippen LogP contribution in [0.25, 0.3) is 0 Å². The molecule has 8 nitrogen and oxygen atoms in total. The highest BCUT2D eigenvalue weighted by Crippen LogP contribution is 2.49. The smallest absolute Gasteiger partial charge is 0.338 e. The molecule has 0 bridgehead atoms. The van der Waals surface area contributed by atoms with Crippen LogP contribution in [0.5, 0.6) is 0 Å². The molecule has 2 heterocycles. The number of aliphatic hydroxyl groups is 1. The topological polar surface area (TPSA) is 117 Å². The molecule has 4 rings (SSSR count). The molecule has 2 aliphatic heterocycles. The second-order valence-corrected chi connectivity index (χ2v) is 8.76. The van der Waals surface area contributed by atoms with Crippen LogP contribution in [-0.4, -0.2) is 41.6 Å². The third kappa shape index (κ3) is 3.79. The first-order valence-electron chi connectivity index (χ1n) is 11.1. The van der Waals surface area contributed by atoms with Gasteiger partial charge in [-0.3, -0.25) is 14.9 Å². The summed E-state index contributed by atoms with van der Waals surface area (Å²) < 4.78 is 4.99. The predicted molar refractivity (Wildman–Crippen MR) is 124 cm³/mol. The van der Waals surface area contributed by atoms with E-state index in [0.717, 1.165) is 22.4 Å². The normalized spacial score (nSPS) is 24.3. The second kappa shape index (κ2) is 8.61. The molecule has 0 aliphatic carbocycles. The van der Waals surface area contributed by atoms with E-state index in [9.17, 15) is 19.5 Å². The van der Waals surface area contributed by atoms with Crippen LogP contribution in [0.4, 0.5) is 11.4 Å². The molecule has 1 saturated heterocycles. The highest BCUT2D eigenvalue weighted by atomic mass is 16.5. The Labute approximate surface area is 192 Å². The second-order valence-electron chi connectivity index (χ2n) is 8.76. The van der Waals surface area contributed by atoms with E-state index in [-0.39, 0.29) is 18.4 Å². The molecule has 1 spiro atoms. The summed E-state index contributed by atoms with van der Waals surface area (Å²) in [6.45, 7) is 7.57. The van der Waals surface area contributed by atoms with Crippen molar-refractivity contribution in [3.8, 4) is 0 Å². The van der Waals surface area contributed by atoms with Gasteiger partial charge in [0.1, 0.15) is 5.54 Å². The zero-order valence-corrected chi connectivity index (χ0v) is 19.2. The van der Waals surface area contributed by atoms with Gasteiger partial charge in [-0.1, -0.05) is 12.1 Å². The Morgan fingerprint density at radius 1 is 1.21 bits per heavy atom. The molecular weight excluding hydrogens is 422 g/mol. The summed E-state index contributed by atoms with van der Waals surface area (Å²) in [6, 6.07) is 9.81. The maximum Gasteiger partial charge on any atom is 0.338 e. The van der Waals surface area contributed by atoms with Gasteiger partial charge in [-0.25, -0.2) is 4.79 Å². The number of carbonyl (C=O) groups excluding carboxylic acids is 3. The van der Waals surface area contributed by atoms with Gasteiger partial charge in [0.15, 0.2) is 0 Å². The van der Waals surface area contributed by atoms with E-state index in [4.69, 9.17) is 4.74 Å². The number of esters is 1. The fourth-order valence-corrected chi connectivity index (χ4v) is 4.77. The first kappa shape index (κ1) is 22.9. The van der Waals surface area contributed by atoms with Crippen molar-refractivity contribution in [3.05, 3.63) is 58.7 Å². The Morgan fingerprint density at radius 3 is 2.55 bits per heavy atom. The summed E-state index contributed by atoms with van der Waals surface area (Å²) in [4.78, 5) is 38.7. The molecule has 2 aliphatic rings. The fourth-order valence-electron chi connectivity index (χ4n) is 4.77. The zero-order valence-electron chi connectivity index (χ0n) is 19.2. The van der Waals surface area contributed by atoms with Gasteiger partial charge in [0, 0.05) is 23.0 Å². The molecular formula is C25H29N3O5. The van der Waals surface area contributed by atoms with Crippen molar-refractivity contribution in [1.29, 1.82) is 0 Å². The minimum atomic E-state index is -1.27. The molecule has 33 heavy (non-hydrogen) atoms. The average molecular weight is 452 g/mol. The number of ether oxygens (including phenoxy) is 1. The molecule has 0 radical (unpaired) electrons. The summed E-state index contributed by atoms with van der Waals surface area (Å²) in [7, 11) is 0. The van der Waals surface area contributed by atoms with Gasteiger partial charge in [-0.2, -0.15) is 0 Å². The van der Waals surface area contributed by atoms with Gasteiger partial charge in [0.2, 0.25) is 11.8 Å². The zero-order chi connectivity index (χ0) is 23.9. The summed E-state index contributed by atoms with van der Waals surface area (Å²) in [5, 5.41) is 19.4. The largest absolute Gasteiger partial charge is 0.462 e. The summed E-state index contributed by atoms with van der Waals surface area (Å²) in [5.74, 6) is -1.81. The molecule has 4 N–H and O–H groups in total. The van der Waals surface area contributed by atoms with Gasteiger partial charge in [0.25, 0.3) is 0 Å². The predicted octanol–water partition coefficient (Wildman–Crippen LogP) is 2.63. The lowest BCUT2D eigenvalue weighted by Crippen LogP contribution is -2.53. The first-order chi connectivity index (χ1) is 15.7. The van der Waals surface area contributed by atoms with Crippen molar-refractivity contribution in [1.82, 2.24) is 5.32 Å². The van der Waals surface area contributed by atoms with E-state index in [1.165, 1.54) is 0 Å². The van der Waals surface area contributed by atoms with Crippen molar-refractivity contribution in [3.63, 3.8) is 0 Å². The van der Waals surface area contributed by atoms with Crippen LogP contribution in [-0.2, 0) is 19.9 Å². The van der Waals surface area contributed by atoms with Crippen molar-refractivity contribution in [2.24, 2.45) is 5.92 Å². The van der Waals surface area contributed by atoms with E-state index in [1.807, 2.05) is 26.0 Å². The maximum atomic E-state index is 13.5. The highest BCUT2D eigenvalue weighted by Gasteiger charge is 2.61. The summed E-state index contributed by atoms with van der Waals surface area (Å²) >= 11 is 0. The summed E-state index contributed by atoms with van der Waals surface area (Å²) in [6.07, 6.45) is -0.448. The Balaban J connectivity index is 1.66. The number of hydrogen-bond acceptors (Lipinski definition) is 6. The van der Waals surface area contributed by atoms with Crippen molar-refractivity contribution < 1.29 is 24.2 Å². The van der Waals surface area contributed by atoms with Crippen molar-refractivity contribution in [2.45, 2.75) is 51.8 Å². The van der Waals surface area contributed by atoms with Crippen LogP contribution in [0, 0.1) is 19.8 Å². The number of aliphatic hydroxyl groups excluding tert-OH is 1. The molecule has 4 atom stereocenters. The van der Waals surface area contributed by atoms with Crippen LogP contribution >= 0.6 is 0 Å². The minimum Gasteiger partial charge on any atom is -0.462 e. The third-order valence-corrected chi connectivity index (χ3v) is 6.75. The average Bonchev–Trinajstić information content (AvgIpc) is 3.32. The van der Waals surface area contributed by atoms with E-state index in [0.29, 0.717) is 17.7 Å². The van der Waals surface area contributed by atoms with Gasteiger partial charge in [-0.15, -0.1) is 0 Å². The molecule has 2 aromatic rings. The molecule has 0 unspecified atom stereocenters. The first-order valence-corrected chi connectivity index (χ1v) is 11.1. The number of rotatable bonds is 5. The number of fused-ring (bicyclic) bond motifs is 2. The maximum absolute atomic E-state index is 13.5. The van der Waals surface area contributed by atoms with Crippen LogP contribution in [0.2, 0.25) is 0 Å². The minimum absolute atomic E-state index is 0.279.